The second-order valence-corrected chi connectivity index (χ2v) is 6.63. The Morgan fingerprint density at radius 2 is 1.86 bits per heavy atom. The minimum absolute atomic E-state index is 0.416. The fourth-order valence-electron chi connectivity index (χ4n) is 1.92. The zero-order valence-corrected chi connectivity index (χ0v) is 19.3. The van der Waals surface area contributed by atoms with Crippen molar-refractivity contribution in [3.05, 3.63) is 45.1 Å². The van der Waals surface area contributed by atoms with Gasteiger partial charge in [0.2, 0.25) is 5.95 Å². The molecule has 3 N–H and O–H groups in total. The van der Waals surface area contributed by atoms with Crippen molar-refractivity contribution >= 4 is 42.1 Å². The van der Waals surface area contributed by atoms with Gasteiger partial charge in [0.1, 0.15) is 10.9 Å². The standard InChI is InChI=1S/C15H14ClN3OS.C4H11N.C2H6/c1-9-8-10(5-6-12(9)16)13-11(4-3-7-20)14(21)19-15(17-2)18-13;1-4(2)5-3;1-2/h3-8H,1-2H3,(H2,17,18,19,21);4-5H,1-3H3;1-2H3/b4-3+;;. The van der Waals surface area contributed by atoms with Crippen LogP contribution in [0.4, 0.5) is 5.95 Å². The molecule has 0 saturated heterocycles. The number of hydrogen-bond acceptors (Lipinski definition) is 5. The van der Waals surface area contributed by atoms with Crippen LogP contribution in [0.2, 0.25) is 5.02 Å². The number of H-pyrrole nitrogens is 1. The van der Waals surface area contributed by atoms with Crippen molar-refractivity contribution in [2.45, 2.75) is 40.7 Å². The van der Waals surface area contributed by atoms with Crippen molar-refractivity contribution in [2.75, 3.05) is 19.4 Å². The molecular formula is C21H31ClN4OS. The van der Waals surface area contributed by atoms with Gasteiger partial charge in [-0.15, -0.1) is 0 Å². The number of aromatic nitrogens is 2. The molecular weight excluding hydrogens is 392 g/mol. The van der Waals surface area contributed by atoms with E-state index in [9.17, 15) is 4.79 Å². The molecule has 2 rings (SSSR count). The predicted molar refractivity (Wildman–Crippen MR) is 125 cm³/mol. The third kappa shape index (κ3) is 8.33. The lowest BCUT2D eigenvalue weighted by Crippen LogP contribution is -2.15. The van der Waals surface area contributed by atoms with E-state index in [1.807, 2.05) is 46.0 Å². The van der Waals surface area contributed by atoms with Crippen LogP contribution < -0.4 is 10.6 Å². The highest BCUT2D eigenvalue weighted by atomic mass is 35.5. The van der Waals surface area contributed by atoms with Crippen LogP contribution in [0.25, 0.3) is 17.3 Å². The highest BCUT2D eigenvalue weighted by Crippen LogP contribution is 2.28. The number of benzene rings is 1. The quantitative estimate of drug-likeness (QED) is 0.329. The average molecular weight is 423 g/mol. The molecule has 0 fully saturated rings. The Labute approximate surface area is 178 Å². The Balaban J connectivity index is 0.000000906. The molecule has 7 heteroatoms. The van der Waals surface area contributed by atoms with Crippen molar-refractivity contribution in [2.24, 2.45) is 0 Å². The van der Waals surface area contributed by atoms with E-state index in [-0.39, 0.29) is 0 Å². The molecule has 0 atom stereocenters. The van der Waals surface area contributed by atoms with Crippen LogP contribution in [0.5, 0.6) is 0 Å². The van der Waals surface area contributed by atoms with E-state index < -0.39 is 0 Å². The van der Waals surface area contributed by atoms with E-state index >= 15 is 0 Å². The summed E-state index contributed by atoms with van der Waals surface area (Å²) in [6.45, 7) is 10.2. The van der Waals surface area contributed by atoms with Crippen molar-refractivity contribution in [3.63, 3.8) is 0 Å². The van der Waals surface area contributed by atoms with Gasteiger partial charge in [0.25, 0.3) is 0 Å². The topological polar surface area (TPSA) is 69.8 Å². The van der Waals surface area contributed by atoms with Crippen molar-refractivity contribution in [1.29, 1.82) is 0 Å². The molecule has 0 saturated carbocycles. The van der Waals surface area contributed by atoms with E-state index in [0.29, 0.717) is 33.5 Å². The molecule has 0 unspecified atom stereocenters. The van der Waals surface area contributed by atoms with E-state index in [1.54, 1.807) is 13.1 Å². The van der Waals surface area contributed by atoms with Gasteiger partial charge in [0, 0.05) is 23.7 Å². The SMILES string of the molecule is CC.CNC(C)C.CNc1nc(=S)c(/C=C/C=O)c(-c2ccc(Cl)c(C)c2)[nH]1. The first-order chi connectivity index (χ1) is 13.3. The van der Waals surface area contributed by atoms with Crippen molar-refractivity contribution in [1.82, 2.24) is 15.3 Å². The number of carbonyl (C=O) groups is 1. The summed E-state index contributed by atoms with van der Waals surface area (Å²) in [5, 5.41) is 6.66. The molecule has 0 amide bonds. The average Bonchev–Trinajstić information content (AvgIpc) is 2.70. The van der Waals surface area contributed by atoms with Crippen LogP contribution in [0.15, 0.2) is 24.3 Å². The van der Waals surface area contributed by atoms with Gasteiger partial charge < -0.3 is 15.6 Å². The number of carbonyl (C=O) groups excluding carboxylic acids is 1. The Morgan fingerprint density at radius 1 is 1.25 bits per heavy atom. The first kappa shape index (κ1) is 26.0. The number of anilines is 1. The Kier molecular flexibility index (Phi) is 13.0. The molecule has 154 valence electrons. The molecule has 1 aromatic heterocycles. The highest BCUT2D eigenvalue weighted by molar-refractivity contribution is 7.71. The molecule has 2 aromatic rings. The van der Waals surface area contributed by atoms with Crippen LogP contribution in [0, 0.1) is 11.6 Å². The number of halogens is 1. The normalized spacial score (nSPS) is 10.0. The summed E-state index contributed by atoms with van der Waals surface area (Å²) in [4.78, 5) is 18.0. The van der Waals surface area contributed by atoms with Gasteiger partial charge in [0.15, 0.2) is 0 Å². The second kappa shape index (κ2) is 14.0. The van der Waals surface area contributed by atoms with Gasteiger partial charge in [-0.3, -0.25) is 4.79 Å². The van der Waals surface area contributed by atoms with E-state index in [0.717, 1.165) is 16.8 Å². The molecule has 28 heavy (non-hydrogen) atoms. The Hall–Kier alpha value is -2.02. The number of hydrogen-bond donors (Lipinski definition) is 3. The van der Waals surface area contributed by atoms with E-state index in [1.165, 1.54) is 6.08 Å². The maximum absolute atomic E-state index is 10.6. The van der Waals surface area contributed by atoms with Crippen molar-refractivity contribution < 1.29 is 4.79 Å². The molecule has 0 aliphatic rings. The van der Waals surface area contributed by atoms with Crippen LogP contribution in [-0.4, -0.2) is 36.4 Å². The fraction of sp³-hybridized carbons (Fsp3) is 0.381. The third-order valence-electron chi connectivity index (χ3n) is 3.56. The van der Waals surface area contributed by atoms with Gasteiger partial charge >= 0.3 is 0 Å². The number of nitrogens with one attached hydrogen (secondary N) is 3. The van der Waals surface area contributed by atoms with Crippen LogP contribution in [-0.2, 0) is 4.79 Å². The second-order valence-electron chi connectivity index (χ2n) is 5.83. The van der Waals surface area contributed by atoms with Crippen molar-refractivity contribution in [3.8, 4) is 11.3 Å². The summed E-state index contributed by atoms with van der Waals surface area (Å²) in [5.74, 6) is 0.561. The largest absolute Gasteiger partial charge is 0.359 e. The molecule has 1 heterocycles. The number of allylic oxidation sites excluding steroid dienone is 1. The lowest BCUT2D eigenvalue weighted by molar-refractivity contribution is -0.104. The molecule has 0 aliphatic carbocycles. The maximum atomic E-state index is 10.6. The molecule has 5 nitrogen and oxygen atoms in total. The maximum Gasteiger partial charge on any atom is 0.201 e. The number of aryl methyl sites for hydroxylation is 1. The number of aldehydes is 1. The molecule has 0 radical (unpaired) electrons. The smallest absolute Gasteiger partial charge is 0.201 e. The highest BCUT2D eigenvalue weighted by Gasteiger charge is 2.09. The number of aromatic amines is 1. The lowest BCUT2D eigenvalue weighted by atomic mass is 10.0. The summed E-state index contributed by atoms with van der Waals surface area (Å²) in [6, 6.07) is 6.32. The minimum Gasteiger partial charge on any atom is -0.359 e. The van der Waals surface area contributed by atoms with Gasteiger partial charge in [-0.2, -0.15) is 0 Å². The Bertz CT molecular complexity index is 832. The number of nitrogens with zero attached hydrogens (tertiary/aromatic N) is 1. The summed E-state index contributed by atoms with van der Waals surface area (Å²) >= 11 is 11.4. The molecule has 0 aliphatic heterocycles. The molecule has 0 bridgehead atoms. The zero-order chi connectivity index (χ0) is 21.7. The first-order valence-electron chi connectivity index (χ1n) is 9.21. The Morgan fingerprint density at radius 3 is 2.32 bits per heavy atom. The van der Waals surface area contributed by atoms with Gasteiger partial charge in [-0.05, 0) is 49.4 Å². The van der Waals surface area contributed by atoms with Gasteiger partial charge in [-0.25, -0.2) is 4.98 Å². The summed E-state index contributed by atoms with van der Waals surface area (Å²) in [5.41, 5.74) is 3.36. The minimum atomic E-state index is 0.416. The number of rotatable bonds is 5. The summed E-state index contributed by atoms with van der Waals surface area (Å²) in [7, 11) is 3.70. The predicted octanol–water partition coefficient (Wildman–Crippen LogP) is 5.66. The van der Waals surface area contributed by atoms with E-state index in [4.69, 9.17) is 23.8 Å². The monoisotopic (exact) mass is 422 g/mol. The third-order valence-corrected chi connectivity index (χ3v) is 4.29. The van der Waals surface area contributed by atoms with Gasteiger partial charge in [-0.1, -0.05) is 57.6 Å². The summed E-state index contributed by atoms with van der Waals surface area (Å²) < 4.78 is 0.416. The van der Waals surface area contributed by atoms with Gasteiger partial charge in [0.05, 0.1) is 5.69 Å². The van der Waals surface area contributed by atoms with Crippen LogP contribution in [0.3, 0.4) is 0 Å². The molecule has 1 aromatic carbocycles. The summed E-state index contributed by atoms with van der Waals surface area (Å²) in [6.07, 6.45) is 3.75. The first-order valence-corrected chi connectivity index (χ1v) is 10.00. The fourth-order valence-corrected chi connectivity index (χ4v) is 2.30. The zero-order valence-electron chi connectivity index (χ0n) is 17.7. The lowest BCUT2D eigenvalue weighted by Gasteiger charge is -2.11. The van der Waals surface area contributed by atoms with E-state index in [2.05, 4.69) is 34.4 Å². The molecule has 0 spiro atoms. The van der Waals surface area contributed by atoms with Crippen LogP contribution in [0.1, 0.15) is 38.8 Å². The van der Waals surface area contributed by atoms with Crippen LogP contribution >= 0.6 is 23.8 Å².